The number of nitrogens with one attached hydrogen (secondary N) is 2. The molecule has 1 unspecified atom stereocenters. The molecule has 1 aromatic rings. The summed E-state index contributed by atoms with van der Waals surface area (Å²) in [4.78, 5) is 12.0. The molecule has 1 amide bonds. The van der Waals surface area contributed by atoms with Crippen LogP contribution < -0.4 is 10.6 Å². The van der Waals surface area contributed by atoms with Crippen LogP contribution in [-0.4, -0.2) is 18.5 Å². The zero-order valence-corrected chi connectivity index (χ0v) is 10.6. The van der Waals surface area contributed by atoms with Crippen LogP contribution >= 0.6 is 0 Å². The molecule has 1 heterocycles. The topological polar surface area (TPSA) is 41.1 Å². The highest BCUT2D eigenvalue weighted by atomic mass is 16.2. The van der Waals surface area contributed by atoms with E-state index in [1.54, 1.807) is 0 Å². The Balaban J connectivity index is 1.46. The highest BCUT2D eigenvalue weighted by Gasteiger charge is 2.26. The highest BCUT2D eigenvalue weighted by molar-refractivity contribution is 5.87. The summed E-state index contributed by atoms with van der Waals surface area (Å²) >= 11 is 0. The Morgan fingerprint density at radius 1 is 1.33 bits per heavy atom. The summed E-state index contributed by atoms with van der Waals surface area (Å²) in [5.41, 5.74) is 2.35. The van der Waals surface area contributed by atoms with Gasteiger partial charge < -0.3 is 10.6 Å². The Hall–Kier alpha value is -1.51. The number of anilines is 1. The Morgan fingerprint density at radius 2 is 2.17 bits per heavy atom. The van der Waals surface area contributed by atoms with Gasteiger partial charge in [0.15, 0.2) is 0 Å². The molecule has 18 heavy (non-hydrogen) atoms. The van der Waals surface area contributed by atoms with Crippen LogP contribution in [0, 0.1) is 5.92 Å². The van der Waals surface area contributed by atoms with Crippen LogP contribution in [0.2, 0.25) is 0 Å². The zero-order valence-electron chi connectivity index (χ0n) is 10.6. The molecule has 0 aromatic heterocycles. The van der Waals surface area contributed by atoms with Crippen molar-refractivity contribution >= 4 is 11.6 Å². The lowest BCUT2D eigenvalue weighted by Gasteiger charge is -2.25. The average Bonchev–Trinajstić information content (AvgIpc) is 2.75. The minimum Gasteiger partial charge on any atom is -0.373 e. The van der Waals surface area contributed by atoms with Crippen LogP contribution in [0.3, 0.4) is 0 Å². The molecular weight excluding hydrogens is 224 g/mol. The maximum absolute atomic E-state index is 12.0. The largest absolute Gasteiger partial charge is 0.373 e. The summed E-state index contributed by atoms with van der Waals surface area (Å²) in [6.45, 7) is 0.831. The van der Waals surface area contributed by atoms with Crippen LogP contribution in [0.5, 0.6) is 0 Å². The molecule has 2 aliphatic rings. The van der Waals surface area contributed by atoms with Crippen LogP contribution in [-0.2, 0) is 11.2 Å². The third-order valence-electron chi connectivity index (χ3n) is 4.16. The van der Waals surface area contributed by atoms with E-state index in [1.807, 2.05) is 18.2 Å². The summed E-state index contributed by atoms with van der Waals surface area (Å²) in [6, 6.07) is 8.07. The second-order valence-corrected chi connectivity index (χ2v) is 5.43. The number of amides is 1. The molecule has 1 atom stereocenters. The van der Waals surface area contributed by atoms with Gasteiger partial charge in [-0.3, -0.25) is 4.79 Å². The molecule has 1 saturated carbocycles. The molecule has 0 bridgehead atoms. The summed E-state index contributed by atoms with van der Waals surface area (Å²) in [7, 11) is 0. The number of fused-ring (bicyclic) bond motifs is 1. The van der Waals surface area contributed by atoms with Crippen LogP contribution in [0.15, 0.2) is 24.3 Å². The van der Waals surface area contributed by atoms with E-state index in [0.29, 0.717) is 0 Å². The van der Waals surface area contributed by atoms with Gasteiger partial charge in [0, 0.05) is 18.7 Å². The third kappa shape index (κ3) is 2.35. The summed E-state index contributed by atoms with van der Waals surface area (Å²) in [5, 5.41) is 6.35. The van der Waals surface area contributed by atoms with Gasteiger partial charge in [-0.25, -0.2) is 0 Å². The lowest BCUT2D eigenvalue weighted by atomic mass is 9.83. The predicted octanol–water partition coefficient (Wildman–Crippen LogP) is 2.33. The minimum atomic E-state index is -0.0798. The van der Waals surface area contributed by atoms with Gasteiger partial charge in [0.05, 0.1) is 0 Å². The molecule has 0 saturated heterocycles. The average molecular weight is 244 g/mol. The summed E-state index contributed by atoms with van der Waals surface area (Å²) in [5.74, 6) is 1.00. The maximum Gasteiger partial charge on any atom is 0.242 e. The lowest BCUT2D eigenvalue weighted by molar-refractivity contribution is -0.121. The Morgan fingerprint density at radius 3 is 2.89 bits per heavy atom. The number of carbonyl (C=O) groups excluding carboxylic acids is 1. The van der Waals surface area contributed by atoms with Crippen molar-refractivity contribution in [2.45, 2.75) is 38.1 Å². The lowest BCUT2D eigenvalue weighted by Crippen LogP contribution is -2.39. The second kappa shape index (κ2) is 5.01. The number of para-hydroxylation sites is 1. The van der Waals surface area contributed by atoms with Crippen molar-refractivity contribution in [2.24, 2.45) is 5.92 Å². The minimum absolute atomic E-state index is 0.0798. The molecule has 1 aromatic carbocycles. The van der Waals surface area contributed by atoms with Gasteiger partial charge in [0.25, 0.3) is 0 Å². The van der Waals surface area contributed by atoms with Gasteiger partial charge >= 0.3 is 0 Å². The molecule has 96 valence electrons. The van der Waals surface area contributed by atoms with Gasteiger partial charge in [-0.2, -0.15) is 0 Å². The maximum atomic E-state index is 12.0. The van der Waals surface area contributed by atoms with E-state index in [-0.39, 0.29) is 11.9 Å². The van der Waals surface area contributed by atoms with E-state index >= 15 is 0 Å². The Bertz CT molecular complexity index is 415. The van der Waals surface area contributed by atoms with E-state index in [1.165, 1.54) is 24.8 Å². The molecule has 3 nitrogen and oxygen atoms in total. The standard InChI is InChI=1S/C15H20N2O/c18-15(16-9-8-11-4-3-5-11)14-10-12-6-1-2-7-13(12)17-14/h1-2,6-7,11,14,17H,3-5,8-10H2,(H,16,18). The molecule has 3 heteroatoms. The van der Waals surface area contributed by atoms with E-state index < -0.39 is 0 Å². The molecule has 1 aliphatic carbocycles. The number of carbonyl (C=O) groups is 1. The first-order chi connectivity index (χ1) is 8.83. The fraction of sp³-hybridized carbons (Fsp3) is 0.533. The first-order valence-electron chi connectivity index (χ1n) is 6.95. The third-order valence-corrected chi connectivity index (χ3v) is 4.16. The number of rotatable bonds is 4. The van der Waals surface area contributed by atoms with Crippen LogP contribution in [0.1, 0.15) is 31.2 Å². The van der Waals surface area contributed by atoms with Crippen molar-refractivity contribution < 1.29 is 4.79 Å². The van der Waals surface area contributed by atoms with Crippen LogP contribution in [0.25, 0.3) is 0 Å². The van der Waals surface area contributed by atoms with Crippen molar-refractivity contribution in [1.82, 2.24) is 5.32 Å². The fourth-order valence-corrected chi connectivity index (χ4v) is 2.76. The van der Waals surface area contributed by atoms with Gasteiger partial charge in [0.1, 0.15) is 6.04 Å². The van der Waals surface area contributed by atoms with E-state index in [4.69, 9.17) is 0 Å². The van der Waals surface area contributed by atoms with Gasteiger partial charge in [-0.1, -0.05) is 37.5 Å². The SMILES string of the molecule is O=C(NCCC1CCC1)C1Cc2ccccc2N1. The molecule has 2 N–H and O–H groups in total. The van der Waals surface area contributed by atoms with E-state index in [0.717, 1.165) is 31.0 Å². The van der Waals surface area contributed by atoms with Crippen molar-refractivity contribution in [2.75, 3.05) is 11.9 Å². The van der Waals surface area contributed by atoms with Gasteiger partial charge in [0.2, 0.25) is 5.91 Å². The Labute approximate surface area is 108 Å². The predicted molar refractivity (Wildman–Crippen MR) is 72.5 cm³/mol. The molecule has 0 spiro atoms. The number of benzene rings is 1. The smallest absolute Gasteiger partial charge is 0.242 e. The van der Waals surface area contributed by atoms with Crippen molar-refractivity contribution in [3.05, 3.63) is 29.8 Å². The summed E-state index contributed by atoms with van der Waals surface area (Å²) < 4.78 is 0. The van der Waals surface area contributed by atoms with Crippen molar-refractivity contribution in [3.8, 4) is 0 Å². The molecule has 1 fully saturated rings. The summed E-state index contributed by atoms with van der Waals surface area (Å²) in [6.07, 6.45) is 6.03. The monoisotopic (exact) mass is 244 g/mol. The highest BCUT2D eigenvalue weighted by Crippen LogP contribution is 2.29. The number of hydrogen-bond donors (Lipinski definition) is 2. The van der Waals surface area contributed by atoms with Crippen LogP contribution in [0.4, 0.5) is 5.69 Å². The first-order valence-corrected chi connectivity index (χ1v) is 6.95. The molecule has 1 aliphatic heterocycles. The number of hydrogen-bond acceptors (Lipinski definition) is 2. The fourth-order valence-electron chi connectivity index (χ4n) is 2.76. The van der Waals surface area contributed by atoms with E-state index in [2.05, 4.69) is 16.7 Å². The molecule has 3 rings (SSSR count). The molecule has 0 radical (unpaired) electrons. The van der Waals surface area contributed by atoms with Gasteiger partial charge in [-0.05, 0) is 24.0 Å². The second-order valence-electron chi connectivity index (χ2n) is 5.43. The molecular formula is C15H20N2O. The first kappa shape index (κ1) is 11.6. The Kier molecular flexibility index (Phi) is 3.22. The van der Waals surface area contributed by atoms with Crippen molar-refractivity contribution in [3.63, 3.8) is 0 Å². The van der Waals surface area contributed by atoms with Crippen molar-refractivity contribution in [1.29, 1.82) is 0 Å². The normalized spacial score (nSPS) is 21.9. The quantitative estimate of drug-likeness (QED) is 0.853. The van der Waals surface area contributed by atoms with E-state index in [9.17, 15) is 4.79 Å². The zero-order chi connectivity index (χ0) is 12.4. The van der Waals surface area contributed by atoms with Gasteiger partial charge in [-0.15, -0.1) is 0 Å².